The van der Waals surface area contributed by atoms with E-state index in [0.29, 0.717) is 11.0 Å². The summed E-state index contributed by atoms with van der Waals surface area (Å²) < 4.78 is 24.1. The number of hydrogen-bond donors (Lipinski definition) is 0. The Kier molecular flexibility index (Phi) is 3.60. The molecule has 0 atom stereocenters. The number of methoxy groups -OCH3 is 1. The SMILES string of the molecule is COc1ccc(CSc2nc3ccccc3o2)cc1F. The van der Waals surface area contributed by atoms with E-state index in [4.69, 9.17) is 9.15 Å². The lowest BCUT2D eigenvalue weighted by Gasteiger charge is -2.03. The van der Waals surface area contributed by atoms with Crippen LogP contribution in [0.2, 0.25) is 0 Å². The maximum Gasteiger partial charge on any atom is 0.257 e. The minimum Gasteiger partial charge on any atom is -0.494 e. The molecule has 0 aliphatic carbocycles. The number of oxazole rings is 1. The summed E-state index contributed by atoms with van der Waals surface area (Å²) in [6.45, 7) is 0. The first-order valence-corrected chi connectivity index (χ1v) is 7.05. The normalized spacial score (nSPS) is 10.9. The van der Waals surface area contributed by atoms with Crippen molar-refractivity contribution in [3.05, 3.63) is 53.8 Å². The molecule has 0 saturated heterocycles. The van der Waals surface area contributed by atoms with Gasteiger partial charge in [0.05, 0.1) is 7.11 Å². The molecule has 2 aromatic carbocycles. The molecule has 0 unspecified atom stereocenters. The van der Waals surface area contributed by atoms with Crippen LogP contribution in [0.15, 0.2) is 52.1 Å². The second-order valence-electron chi connectivity index (χ2n) is 4.21. The van der Waals surface area contributed by atoms with Crippen LogP contribution in [0, 0.1) is 5.82 Å². The fourth-order valence-corrected chi connectivity index (χ4v) is 2.64. The smallest absolute Gasteiger partial charge is 0.257 e. The highest BCUT2D eigenvalue weighted by Gasteiger charge is 2.08. The van der Waals surface area contributed by atoms with Crippen molar-refractivity contribution in [3.63, 3.8) is 0 Å². The second-order valence-corrected chi connectivity index (χ2v) is 5.13. The summed E-state index contributed by atoms with van der Waals surface area (Å²) in [4.78, 5) is 4.36. The molecule has 3 aromatic rings. The molecular formula is C15H12FNO2S. The van der Waals surface area contributed by atoms with Crippen LogP contribution in [-0.2, 0) is 5.75 Å². The van der Waals surface area contributed by atoms with Crippen molar-refractivity contribution in [2.75, 3.05) is 7.11 Å². The number of para-hydroxylation sites is 2. The van der Waals surface area contributed by atoms with Gasteiger partial charge in [0.1, 0.15) is 5.52 Å². The minimum absolute atomic E-state index is 0.251. The van der Waals surface area contributed by atoms with Gasteiger partial charge in [0.15, 0.2) is 17.1 Å². The summed E-state index contributed by atoms with van der Waals surface area (Å²) in [6, 6.07) is 12.5. The number of benzene rings is 2. The number of thioether (sulfide) groups is 1. The lowest BCUT2D eigenvalue weighted by molar-refractivity contribution is 0.386. The first-order valence-electron chi connectivity index (χ1n) is 6.07. The monoisotopic (exact) mass is 289 g/mol. The quantitative estimate of drug-likeness (QED) is 0.672. The van der Waals surface area contributed by atoms with Gasteiger partial charge in [-0.15, -0.1) is 0 Å². The van der Waals surface area contributed by atoms with E-state index in [9.17, 15) is 4.39 Å². The number of rotatable bonds is 4. The van der Waals surface area contributed by atoms with E-state index in [1.54, 1.807) is 6.07 Å². The number of nitrogens with zero attached hydrogens (tertiary/aromatic N) is 1. The molecular weight excluding hydrogens is 277 g/mol. The van der Waals surface area contributed by atoms with Gasteiger partial charge in [-0.3, -0.25) is 0 Å². The van der Waals surface area contributed by atoms with E-state index in [2.05, 4.69) is 4.98 Å². The van der Waals surface area contributed by atoms with E-state index >= 15 is 0 Å². The molecule has 0 fully saturated rings. The number of aromatic nitrogens is 1. The summed E-state index contributed by atoms with van der Waals surface area (Å²) in [5.41, 5.74) is 2.45. The Morgan fingerprint density at radius 3 is 2.85 bits per heavy atom. The van der Waals surface area contributed by atoms with Gasteiger partial charge in [-0.25, -0.2) is 9.37 Å². The second kappa shape index (κ2) is 5.54. The van der Waals surface area contributed by atoms with Crippen LogP contribution in [0.25, 0.3) is 11.1 Å². The van der Waals surface area contributed by atoms with Gasteiger partial charge in [0.25, 0.3) is 5.22 Å². The van der Waals surface area contributed by atoms with Crippen molar-refractivity contribution in [1.29, 1.82) is 0 Å². The first-order chi connectivity index (χ1) is 9.76. The first kappa shape index (κ1) is 13.0. The summed E-state index contributed by atoms with van der Waals surface area (Å²) >= 11 is 1.44. The van der Waals surface area contributed by atoms with Gasteiger partial charge < -0.3 is 9.15 Å². The fourth-order valence-electron chi connectivity index (χ4n) is 1.86. The highest BCUT2D eigenvalue weighted by Crippen LogP contribution is 2.27. The predicted molar refractivity (Wildman–Crippen MR) is 76.5 cm³/mol. The van der Waals surface area contributed by atoms with E-state index in [0.717, 1.165) is 16.7 Å². The van der Waals surface area contributed by atoms with Crippen molar-refractivity contribution >= 4 is 22.9 Å². The summed E-state index contributed by atoms with van der Waals surface area (Å²) in [5.74, 6) is 0.483. The zero-order valence-corrected chi connectivity index (χ0v) is 11.6. The Bertz CT molecular complexity index is 709. The van der Waals surface area contributed by atoms with Crippen LogP contribution in [-0.4, -0.2) is 12.1 Å². The molecule has 0 saturated carbocycles. The third-order valence-electron chi connectivity index (χ3n) is 2.85. The van der Waals surface area contributed by atoms with Crippen LogP contribution < -0.4 is 4.74 Å². The van der Waals surface area contributed by atoms with Crippen molar-refractivity contribution in [1.82, 2.24) is 4.98 Å². The fraction of sp³-hybridized carbons (Fsp3) is 0.133. The summed E-state index contributed by atoms with van der Waals surface area (Å²) in [6.07, 6.45) is 0. The number of hydrogen-bond acceptors (Lipinski definition) is 4. The lowest BCUT2D eigenvalue weighted by atomic mass is 10.2. The third-order valence-corrected chi connectivity index (χ3v) is 3.75. The molecule has 0 aliphatic heterocycles. The molecule has 0 amide bonds. The Morgan fingerprint density at radius 2 is 2.10 bits per heavy atom. The van der Waals surface area contributed by atoms with Crippen LogP contribution in [0.3, 0.4) is 0 Å². The Morgan fingerprint density at radius 1 is 1.25 bits per heavy atom. The van der Waals surface area contributed by atoms with Gasteiger partial charge >= 0.3 is 0 Å². The standard InChI is InChI=1S/C15H12FNO2S/c1-18-13-7-6-10(8-11(13)16)9-20-15-17-12-4-2-3-5-14(12)19-15/h2-8H,9H2,1H3. The highest BCUT2D eigenvalue weighted by atomic mass is 32.2. The number of fused-ring (bicyclic) bond motifs is 1. The zero-order chi connectivity index (χ0) is 13.9. The van der Waals surface area contributed by atoms with Gasteiger partial charge in [-0.2, -0.15) is 0 Å². The number of ether oxygens (including phenoxy) is 1. The van der Waals surface area contributed by atoms with Crippen molar-refractivity contribution < 1.29 is 13.5 Å². The van der Waals surface area contributed by atoms with E-state index in [1.807, 2.05) is 30.3 Å². The molecule has 102 valence electrons. The molecule has 5 heteroatoms. The molecule has 0 radical (unpaired) electrons. The van der Waals surface area contributed by atoms with E-state index in [-0.39, 0.29) is 11.6 Å². The lowest BCUT2D eigenvalue weighted by Crippen LogP contribution is -1.89. The molecule has 3 nitrogen and oxygen atoms in total. The molecule has 0 bridgehead atoms. The minimum atomic E-state index is -0.358. The van der Waals surface area contributed by atoms with Crippen LogP contribution in [0.1, 0.15) is 5.56 Å². The third kappa shape index (κ3) is 2.63. The van der Waals surface area contributed by atoms with Gasteiger partial charge in [0.2, 0.25) is 0 Å². The molecule has 0 N–H and O–H groups in total. The van der Waals surface area contributed by atoms with Gasteiger partial charge in [0, 0.05) is 5.75 Å². The van der Waals surface area contributed by atoms with Crippen molar-refractivity contribution in [2.24, 2.45) is 0 Å². The molecule has 0 aliphatic rings. The molecule has 0 spiro atoms. The van der Waals surface area contributed by atoms with Crippen LogP contribution in [0.5, 0.6) is 5.75 Å². The van der Waals surface area contributed by atoms with Crippen molar-refractivity contribution in [3.8, 4) is 5.75 Å². The predicted octanol–water partition coefficient (Wildman–Crippen LogP) is 4.27. The van der Waals surface area contributed by atoms with Gasteiger partial charge in [-0.05, 0) is 29.8 Å². The summed E-state index contributed by atoms with van der Waals surface area (Å²) in [5, 5.41) is 0.586. The van der Waals surface area contributed by atoms with Crippen LogP contribution >= 0.6 is 11.8 Å². The van der Waals surface area contributed by atoms with E-state index in [1.165, 1.54) is 24.9 Å². The maximum atomic E-state index is 13.6. The molecule has 1 aromatic heterocycles. The Labute approximate surface area is 119 Å². The topological polar surface area (TPSA) is 35.3 Å². The van der Waals surface area contributed by atoms with Crippen molar-refractivity contribution in [2.45, 2.75) is 11.0 Å². The average Bonchev–Trinajstić information content (AvgIpc) is 2.88. The number of halogens is 1. The Balaban J connectivity index is 1.74. The Hall–Kier alpha value is -2.01. The summed E-state index contributed by atoms with van der Waals surface area (Å²) in [7, 11) is 1.45. The maximum absolute atomic E-state index is 13.6. The average molecular weight is 289 g/mol. The molecule has 3 rings (SSSR count). The van der Waals surface area contributed by atoms with Crippen LogP contribution in [0.4, 0.5) is 4.39 Å². The highest BCUT2D eigenvalue weighted by molar-refractivity contribution is 7.98. The van der Waals surface area contributed by atoms with Gasteiger partial charge in [-0.1, -0.05) is 30.0 Å². The zero-order valence-electron chi connectivity index (χ0n) is 10.8. The molecule has 20 heavy (non-hydrogen) atoms. The largest absolute Gasteiger partial charge is 0.494 e. The van der Waals surface area contributed by atoms with E-state index < -0.39 is 0 Å². The molecule has 1 heterocycles.